The Kier molecular flexibility index (Phi) is 4.31. The van der Waals surface area contributed by atoms with E-state index in [0.29, 0.717) is 11.2 Å². The minimum Gasteiger partial charge on any atom is -0.507 e. The number of carbonyl (C=O) groups is 1. The van der Waals surface area contributed by atoms with E-state index in [1.807, 2.05) is 11.6 Å². The van der Waals surface area contributed by atoms with Crippen LogP contribution in [0.15, 0.2) is 47.6 Å². The van der Waals surface area contributed by atoms with Gasteiger partial charge >= 0.3 is 0 Å². The number of halogens is 1. The Morgan fingerprint density at radius 2 is 2.00 bits per heavy atom. The third-order valence-corrected chi connectivity index (χ3v) is 3.97. The largest absolute Gasteiger partial charge is 0.507 e. The molecular weight excluding hydrogens is 320 g/mol. The van der Waals surface area contributed by atoms with Crippen LogP contribution in [0.4, 0.5) is 4.39 Å². The molecule has 0 aliphatic heterocycles. The van der Waals surface area contributed by atoms with Gasteiger partial charge in [-0.1, -0.05) is 17.6 Å². The summed E-state index contributed by atoms with van der Waals surface area (Å²) in [5.74, 6) is -1.07. The number of hydrazone groups is 1. The Morgan fingerprint density at radius 1 is 1.24 bits per heavy atom. The number of hydrogen-bond donors (Lipinski definition) is 2. The van der Waals surface area contributed by atoms with Gasteiger partial charge in [0.1, 0.15) is 19.4 Å². The number of hydrogen-bond acceptors (Lipinski definition) is 3. The van der Waals surface area contributed by atoms with Crippen molar-refractivity contribution in [3.05, 3.63) is 59.5 Å². The number of fused-ring (bicyclic) bond motifs is 1. The lowest BCUT2D eigenvalue weighted by molar-refractivity contribution is 0.0952. The summed E-state index contributed by atoms with van der Waals surface area (Å²) in [5.41, 5.74) is 4.92. The van der Waals surface area contributed by atoms with E-state index in [-0.39, 0.29) is 17.1 Å². The molecule has 1 amide bonds. The summed E-state index contributed by atoms with van der Waals surface area (Å²) in [4.78, 5) is 12.2. The van der Waals surface area contributed by atoms with Gasteiger partial charge < -0.3 is 9.67 Å². The van der Waals surface area contributed by atoms with Crippen LogP contribution < -0.4 is 10.9 Å². The highest BCUT2D eigenvalue weighted by molar-refractivity contribution is 6.32. The van der Waals surface area contributed by atoms with Crippen LogP contribution in [0.3, 0.4) is 0 Å². The number of benzene rings is 2. The Bertz CT molecular complexity index is 1010. The molecule has 124 valence electrons. The number of phenolic OH excluding ortho intramolecular Hbond substituents is 1. The van der Waals surface area contributed by atoms with Crippen molar-refractivity contribution in [1.82, 2.24) is 9.99 Å². The first kappa shape index (κ1) is 16.8. The summed E-state index contributed by atoms with van der Waals surface area (Å²) in [6.45, 7) is 1.73. The van der Waals surface area contributed by atoms with Crippen LogP contribution in [-0.4, -0.2) is 29.1 Å². The minimum absolute atomic E-state index is 0.0377. The molecule has 2 aromatic carbocycles. The fraction of sp³-hybridized carbons (Fsp3) is 0.111. The summed E-state index contributed by atoms with van der Waals surface area (Å²) >= 11 is 0. The highest BCUT2D eigenvalue weighted by atomic mass is 19.1. The Hall–Kier alpha value is -3.09. The number of nitrogens with zero attached hydrogens (tertiary/aromatic N) is 2. The van der Waals surface area contributed by atoms with Crippen molar-refractivity contribution in [3.8, 4) is 5.75 Å². The van der Waals surface area contributed by atoms with Gasteiger partial charge in [-0.3, -0.25) is 4.79 Å². The average molecular weight is 335 g/mol. The van der Waals surface area contributed by atoms with Crippen LogP contribution in [0.5, 0.6) is 5.75 Å². The van der Waals surface area contributed by atoms with Crippen LogP contribution in [0.2, 0.25) is 0 Å². The van der Waals surface area contributed by atoms with Crippen molar-refractivity contribution in [2.45, 2.75) is 6.92 Å². The van der Waals surface area contributed by atoms with Crippen molar-refractivity contribution in [3.63, 3.8) is 0 Å². The van der Waals surface area contributed by atoms with Gasteiger partial charge in [0, 0.05) is 18.0 Å². The molecule has 0 fully saturated rings. The molecule has 1 aromatic heterocycles. The molecule has 25 heavy (non-hydrogen) atoms. The van der Waals surface area contributed by atoms with Crippen LogP contribution in [0.25, 0.3) is 10.9 Å². The Morgan fingerprint density at radius 3 is 2.76 bits per heavy atom. The zero-order valence-corrected chi connectivity index (χ0v) is 13.7. The van der Waals surface area contributed by atoms with Gasteiger partial charge in [0.2, 0.25) is 0 Å². The van der Waals surface area contributed by atoms with Gasteiger partial charge in [-0.25, -0.2) is 9.82 Å². The maximum absolute atomic E-state index is 13.4. The topological polar surface area (TPSA) is 66.6 Å². The van der Waals surface area contributed by atoms with Gasteiger partial charge in [-0.15, -0.1) is 0 Å². The van der Waals surface area contributed by atoms with E-state index in [9.17, 15) is 14.3 Å². The second-order valence-corrected chi connectivity index (χ2v) is 5.71. The van der Waals surface area contributed by atoms with Gasteiger partial charge in [-0.2, -0.15) is 5.10 Å². The Labute approximate surface area is 145 Å². The normalized spacial score (nSPS) is 11.7. The van der Waals surface area contributed by atoms with Crippen molar-refractivity contribution in [2.75, 3.05) is 0 Å². The highest BCUT2D eigenvalue weighted by Gasteiger charge is 2.12. The molecule has 0 saturated carbocycles. The average Bonchev–Trinajstić information content (AvgIpc) is 2.90. The lowest BCUT2D eigenvalue weighted by Crippen LogP contribution is -2.21. The second kappa shape index (κ2) is 6.43. The number of phenols is 1. The van der Waals surface area contributed by atoms with E-state index < -0.39 is 5.91 Å². The summed E-state index contributed by atoms with van der Waals surface area (Å²) in [5, 5.41) is 14.6. The molecule has 7 heteroatoms. The SMILES string of the molecule is [B]c1ccc(O)c(C(=O)N/N=C(\C)c2cc3cc(F)ccc3n2C)c1. The number of amides is 1. The fourth-order valence-electron chi connectivity index (χ4n) is 2.66. The molecule has 3 rings (SSSR count). The van der Waals surface area contributed by atoms with Crippen LogP contribution in [0.1, 0.15) is 23.0 Å². The van der Waals surface area contributed by atoms with Crippen LogP contribution in [-0.2, 0) is 7.05 Å². The molecule has 0 bridgehead atoms. The van der Waals surface area contributed by atoms with Crippen molar-refractivity contribution in [1.29, 1.82) is 0 Å². The first-order valence-electron chi connectivity index (χ1n) is 7.55. The van der Waals surface area contributed by atoms with E-state index in [4.69, 9.17) is 7.85 Å². The summed E-state index contributed by atoms with van der Waals surface area (Å²) in [6.07, 6.45) is 0. The standard InChI is InChI=1S/C18H15BFN3O2/c1-10(16-8-11-7-13(20)4-5-15(11)23(16)2)21-22-18(25)14-9-12(19)3-6-17(14)24/h3-9,24H,1-2H3,(H,22,25)/b21-10+. The van der Waals surface area contributed by atoms with Gasteiger partial charge in [0.05, 0.1) is 17.0 Å². The molecule has 0 spiro atoms. The molecule has 5 nitrogen and oxygen atoms in total. The lowest BCUT2D eigenvalue weighted by atomic mass is 9.94. The van der Waals surface area contributed by atoms with Gasteiger partial charge in [0.25, 0.3) is 5.91 Å². The zero-order chi connectivity index (χ0) is 18.1. The molecule has 0 saturated heterocycles. The monoisotopic (exact) mass is 335 g/mol. The molecule has 2 radical (unpaired) electrons. The summed E-state index contributed by atoms with van der Waals surface area (Å²) in [7, 11) is 7.46. The number of carbonyl (C=O) groups excluding carboxylic acids is 1. The lowest BCUT2D eigenvalue weighted by Gasteiger charge is -2.07. The molecule has 0 aliphatic rings. The molecule has 0 aliphatic carbocycles. The second-order valence-electron chi connectivity index (χ2n) is 5.71. The van der Waals surface area contributed by atoms with Crippen LogP contribution >= 0.6 is 0 Å². The third kappa shape index (κ3) is 3.26. The molecule has 1 heterocycles. The number of nitrogens with one attached hydrogen (secondary N) is 1. The van der Waals surface area contributed by atoms with E-state index in [1.54, 1.807) is 19.1 Å². The fourth-order valence-corrected chi connectivity index (χ4v) is 2.66. The maximum Gasteiger partial charge on any atom is 0.275 e. The zero-order valence-electron chi connectivity index (χ0n) is 13.7. The molecule has 2 N–H and O–H groups in total. The smallest absolute Gasteiger partial charge is 0.275 e. The van der Waals surface area contributed by atoms with Crippen molar-refractivity contribution >= 4 is 35.8 Å². The number of rotatable bonds is 3. The summed E-state index contributed by atoms with van der Waals surface area (Å²) in [6, 6.07) is 10.5. The Balaban J connectivity index is 1.88. The summed E-state index contributed by atoms with van der Waals surface area (Å²) < 4.78 is 15.2. The predicted molar refractivity (Wildman–Crippen MR) is 96.0 cm³/mol. The van der Waals surface area contributed by atoms with E-state index in [0.717, 1.165) is 16.6 Å². The quantitative estimate of drug-likeness (QED) is 0.437. The van der Waals surface area contributed by atoms with E-state index >= 15 is 0 Å². The molecule has 0 unspecified atom stereocenters. The van der Waals surface area contributed by atoms with Crippen molar-refractivity contribution < 1.29 is 14.3 Å². The predicted octanol–water partition coefficient (Wildman–Crippen LogP) is 1.97. The third-order valence-electron chi connectivity index (χ3n) is 3.97. The molecule has 3 aromatic rings. The molecule has 0 atom stereocenters. The van der Waals surface area contributed by atoms with Crippen molar-refractivity contribution in [2.24, 2.45) is 12.1 Å². The van der Waals surface area contributed by atoms with E-state index in [2.05, 4.69) is 10.5 Å². The highest BCUT2D eigenvalue weighted by Crippen LogP contribution is 2.20. The van der Waals surface area contributed by atoms with E-state index in [1.165, 1.54) is 30.3 Å². The first-order valence-corrected chi connectivity index (χ1v) is 7.55. The number of aryl methyl sites for hydroxylation is 1. The molecular formula is C18H15BFN3O2. The van der Waals surface area contributed by atoms with Gasteiger partial charge in [0.15, 0.2) is 0 Å². The van der Waals surface area contributed by atoms with Crippen LogP contribution in [0, 0.1) is 5.82 Å². The minimum atomic E-state index is -0.575. The maximum atomic E-state index is 13.4. The number of aromatic hydroxyl groups is 1. The first-order chi connectivity index (χ1) is 11.9. The van der Waals surface area contributed by atoms with Gasteiger partial charge in [-0.05, 0) is 37.3 Å². The number of aromatic nitrogens is 1.